The van der Waals surface area contributed by atoms with Gasteiger partial charge < -0.3 is 19.7 Å². The van der Waals surface area contributed by atoms with Crippen LogP contribution in [0.2, 0.25) is 0 Å². The Kier molecular flexibility index (Phi) is 4.31. The minimum Gasteiger partial charge on any atom is -0.504 e. The van der Waals surface area contributed by atoms with Gasteiger partial charge in [0, 0.05) is 5.92 Å². The Morgan fingerprint density at radius 1 is 0.917 bits per heavy atom. The van der Waals surface area contributed by atoms with Crippen LogP contribution in [-0.2, 0) is 0 Å². The summed E-state index contributed by atoms with van der Waals surface area (Å²) in [5.41, 5.74) is 3.44. The van der Waals surface area contributed by atoms with Crippen molar-refractivity contribution in [2.45, 2.75) is 32.1 Å². The average Bonchev–Trinajstić information content (AvgIpc) is 2.85. The maximum atomic E-state index is 10.2. The highest BCUT2D eigenvalue weighted by molar-refractivity contribution is 5.56. The first-order chi connectivity index (χ1) is 11.5. The molecule has 0 aliphatic heterocycles. The van der Waals surface area contributed by atoms with Crippen LogP contribution in [0.3, 0.4) is 0 Å². The van der Waals surface area contributed by atoms with E-state index in [0.717, 1.165) is 17.5 Å². The summed E-state index contributed by atoms with van der Waals surface area (Å²) < 4.78 is 10.6. The lowest BCUT2D eigenvalue weighted by Crippen LogP contribution is -2.09. The van der Waals surface area contributed by atoms with Crippen molar-refractivity contribution < 1.29 is 19.7 Å². The fraction of sp³-hybridized carbons (Fsp3) is 0.400. The van der Waals surface area contributed by atoms with Gasteiger partial charge in [0.25, 0.3) is 0 Å². The SMILES string of the molecule is CCC1c2cc(OC)c(O)cc2[C@H](c2ccc(O)c(OC)c2)C1C. The summed E-state index contributed by atoms with van der Waals surface area (Å²) in [5.74, 6) is 2.22. The van der Waals surface area contributed by atoms with E-state index in [0.29, 0.717) is 23.3 Å². The highest BCUT2D eigenvalue weighted by Crippen LogP contribution is 2.53. The van der Waals surface area contributed by atoms with E-state index in [9.17, 15) is 10.2 Å². The van der Waals surface area contributed by atoms with Crippen molar-refractivity contribution in [3.8, 4) is 23.0 Å². The lowest BCUT2D eigenvalue weighted by atomic mass is 9.83. The topological polar surface area (TPSA) is 58.9 Å². The Morgan fingerprint density at radius 3 is 2.21 bits per heavy atom. The summed E-state index contributed by atoms with van der Waals surface area (Å²) in [4.78, 5) is 0. The first kappa shape index (κ1) is 16.5. The predicted molar refractivity (Wildman–Crippen MR) is 93.4 cm³/mol. The molecule has 0 saturated carbocycles. The summed E-state index contributed by atoms with van der Waals surface area (Å²) >= 11 is 0. The molecule has 0 bridgehead atoms. The van der Waals surface area contributed by atoms with Gasteiger partial charge in [0.05, 0.1) is 14.2 Å². The van der Waals surface area contributed by atoms with Gasteiger partial charge in [-0.2, -0.15) is 0 Å². The third-order valence-corrected chi connectivity index (χ3v) is 5.28. The van der Waals surface area contributed by atoms with E-state index in [2.05, 4.69) is 13.8 Å². The lowest BCUT2D eigenvalue weighted by Gasteiger charge is -2.21. The number of rotatable bonds is 4. The predicted octanol–water partition coefficient (Wildman–Crippen LogP) is 4.39. The molecular weight excluding hydrogens is 304 g/mol. The molecule has 0 spiro atoms. The summed E-state index contributed by atoms with van der Waals surface area (Å²) in [7, 11) is 3.12. The van der Waals surface area contributed by atoms with E-state index in [1.165, 1.54) is 5.56 Å². The van der Waals surface area contributed by atoms with Crippen molar-refractivity contribution in [3.05, 3.63) is 47.0 Å². The molecule has 2 unspecified atom stereocenters. The van der Waals surface area contributed by atoms with Crippen LogP contribution in [0.1, 0.15) is 48.8 Å². The minimum absolute atomic E-state index is 0.136. The van der Waals surface area contributed by atoms with Crippen LogP contribution in [-0.4, -0.2) is 24.4 Å². The molecule has 4 heteroatoms. The van der Waals surface area contributed by atoms with Gasteiger partial charge >= 0.3 is 0 Å². The molecule has 2 aromatic rings. The second-order valence-corrected chi connectivity index (χ2v) is 6.44. The van der Waals surface area contributed by atoms with E-state index >= 15 is 0 Å². The Bertz CT molecular complexity index is 754. The molecule has 3 atom stereocenters. The molecule has 2 aromatic carbocycles. The second kappa shape index (κ2) is 6.27. The van der Waals surface area contributed by atoms with Crippen molar-refractivity contribution in [1.29, 1.82) is 0 Å². The zero-order chi connectivity index (χ0) is 17.4. The largest absolute Gasteiger partial charge is 0.504 e. The van der Waals surface area contributed by atoms with E-state index in [1.54, 1.807) is 20.3 Å². The van der Waals surface area contributed by atoms with E-state index in [1.807, 2.05) is 24.3 Å². The molecule has 128 valence electrons. The number of hydrogen-bond donors (Lipinski definition) is 2. The molecule has 0 aromatic heterocycles. The number of hydrogen-bond acceptors (Lipinski definition) is 4. The molecule has 1 aliphatic carbocycles. The molecule has 0 heterocycles. The van der Waals surface area contributed by atoms with E-state index < -0.39 is 0 Å². The van der Waals surface area contributed by atoms with E-state index in [-0.39, 0.29) is 17.4 Å². The Labute approximate surface area is 142 Å². The highest BCUT2D eigenvalue weighted by atomic mass is 16.5. The Balaban J connectivity index is 2.15. The summed E-state index contributed by atoms with van der Waals surface area (Å²) in [6.45, 7) is 4.42. The van der Waals surface area contributed by atoms with Crippen molar-refractivity contribution in [2.24, 2.45) is 5.92 Å². The van der Waals surface area contributed by atoms with Crippen LogP contribution < -0.4 is 9.47 Å². The number of ether oxygens (including phenoxy) is 2. The third kappa shape index (κ3) is 2.46. The molecule has 0 amide bonds. The molecule has 1 aliphatic rings. The van der Waals surface area contributed by atoms with Gasteiger partial charge in [-0.3, -0.25) is 0 Å². The van der Waals surface area contributed by atoms with Gasteiger partial charge in [-0.15, -0.1) is 0 Å². The number of phenols is 2. The van der Waals surface area contributed by atoms with Gasteiger partial charge in [-0.1, -0.05) is 19.9 Å². The van der Waals surface area contributed by atoms with Crippen LogP contribution in [0.5, 0.6) is 23.0 Å². The van der Waals surface area contributed by atoms with Gasteiger partial charge in [-0.05, 0) is 59.2 Å². The number of fused-ring (bicyclic) bond motifs is 1. The maximum Gasteiger partial charge on any atom is 0.160 e. The van der Waals surface area contributed by atoms with Crippen molar-refractivity contribution in [2.75, 3.05) is 14.2 Å². The van der Waals surface area contributed by atoms with Crippen LogP contribution in [0.25, 0.3) is 0 Å². The number of methoxy groups -OCH3 is 2. The Morgan fingerprint density at radius 2 is 1.58 bits per heavy atom. The molecule has 2 N–H and O–H groups in total. The fourth-order valence-electron chi connectivity index (χ4n) is 4.12. The van der Waals surface area contributed by atoms with Crippen LogP contribution in [0.4, 0.5) is 0 Å². The molecule has 4 nitrogen and oxygen atoms in total. The summed E-state index contributed by atoms with van der Waals surface area (Å²) in [5, 5.41) is 20.1. The van der Waals surface area contributed by atoms with Gasteiger partial charge in [-0.25, -0.2) is 0 Å². The zero-order valence-electron chi connectivity index (χ0n) is 14.5. The van der Waals surface area contributed by atoms with Gasteiger partial charge in [0.15, 0.2) is 23.0 Å². The van der Waals surface area contributed by atoms with Crippen LogP contribution in [0.15, 0.2) is 30.3 Å². The first-order valence-electron chi connectivity index (χ1n) is 8.29. The number of benzene rings is 2. The first-order valence-corrected chi connectivity index (χ1v) is 8.29. The fourth-order valence-corrected chi connectivity index (χ4v) is 4.12. The quantitative estimate of drug-likeness (QED) is 0.874. The lowest BCUT2D eigenvalue weighted by molar-refractivity contribution is 0.371. The summed E-state index contributed by atoms with van der Waals surface area (Å²) in [6, 6.07) is 9.28. The van der Waals surface area contributed by atoms with Gasteiger partial charge in [0.1, 0.15) is 0 Å². The summed E-state index contributed by atoms with van der Waals surface area (Å²) in [6.07, 6.45) is 1.02. The molecular formula is C20H24O4. The monoisotopic (exact) mass is 328 g/mol. The molecule has 0 saturated heterocycles. The van der Waals surface area contributed by atoms with Crippen molar-refractivity contribution in [3.63, 3.8) is 0 Å². The zero-order valence-corrected chi connectivity index (χ0v) is 14.5. The van der Waals surface area contributed by atoms with Crippen LogP contribution >= 0.6 is 0 Å². The third-order valence-electron chi connectivity index (χ3n) is 5.28. The normalized spacial score (nSPS) is 22.2. The standard InChI is InChI=1S/C20H24O4/c1-5-13-11(2)20(12-6-7-16(21)18(8-12)23-3)15-9-17(22)19(24-4)10-14(13)15/h6-11,13,20-22H,5H2,1-4H3/t11?,13?,20-/m0/s1. The Hall–Kier alpha value is -2.36. The molecule has 0 radical (unpaired) electrons. The molecule has 0 fully saturated rings. The molecule has 24 heavy (non-hydrogen) atoms. The highest BCUT2D eigenvalue weighted by Gasteiger charge is 2.39. The maximum absolute atomic E-state index is 10.2. The average molecular weight is 328 g/mol. The van der Waals surface area contributed by atoms with Gasteiger partial charge in [0.2, 0.25) is 0 Å². The van der Waals surface area contributed by atoms with Crippen LogP contribution in [0, 0.1) is 5.92 Å². The van der Waals surface area contributed by atoms with E-state index in [4.69, 9.17) is 9.47 Å². The number of aromatic hydroxyl groups is 2. The van der Waals surface area contributed by atoms with Crippen molar-refractivity contribution in [1.82, 2.24) is 0 Å². The smallest absolute Gasteiger partial charge is 0.160 e. The minimum atomic E-state index is 0.136. The molecule has 3 rings (SSSR count). The second-order valence-electron chi connectivity index (χ2n) is 6.44. The van der Waals surface area contributed by atoms with Crippen molar-refractivity contribution >= 4 is 0 Å². The number of phenolic OH excluding ortho intramolecular Hbond substituents is 2.